The van der Waals surface area contributed by atoms with Gasteiger partial charge in [-0.15, -0.1) is 5.10 Å². The number of hydrogen-bond donors (Lipinski definition) is 3. The summed E-state index contributed by atoms with van der Waals surface area (Å²) in [4.78, 5) is 23.2. The summed E-state index contributed by atoms with van der Waals surface area (Å²) >= 11 is 0. The van der Waals surface area contributed by atoms with Crippen molar-refractivity contribution in [3.63, 3.8) is 0 Å². The number of benzene rings is 2. The Balaban J connectivity index is 1.23. The molecule has 0 radical (unpaired) electrons. The third kappa shape index (κ3) is 5.14. The molecule has 10 heteroatoms. The van der Waals surface area contributed by atoms with Gasteiger partial charge in [-0.1, -0.05) is 36.4 Å². The number of ether oxygens (including phenoxy) is 1. The smallest absolute Gasteiger partial charge is 0.405 e. The van der Waals surface area contributed by atoms with Gasteiger partial charge in [0.25, 0.3) is 5.88 Å². The molecule has 10 nitrogen and oxygen atoms in total. The SMILES string of the molecule is COc1ccc(Cn2nc(O)c3ncc(N4CCC5(CC4)Cc4ccccc4[C@H]5CC(C)(C)NC(=O)O)nc32)cc1. The van der Waals surface area contributed by atoms with Gasteiger partial charge in [-0.3, -0.25) is 0 Å². The number of hydrogen-bond acceptors (Lipinski definition) is 7. The molecular weight excluding hydrogens is 520 g/mol. The number of nitrogens with zero attached hydrogens (tertiary/aromatic N) is 5. The Kier molecular flexibility index (Phi) is 6.71. The predicted molar refractivity (Wildman–Crippen MR) is 156 cm³/mol. The van der Waals surface area contributed by atoms with Crippen LogP contribution < -0.4 is 15.0 Å². The number of carboxylic acid groups (broad SMARTS) is 1. The van der Waals surface area contributed by atoms with E-state index in [0.717, 1.165) is 55.9 Å². The van der Waals surface area contributed by atoms with Gasteiger partial charge < -0.3 is 25.2 Å². The Bertz CT molecular complexity index is 1570. The van der Waals surface area contributed by atoms with Crippen LogP contribution >= 0.6 is 0 Å². The third-order valence-electron chi connectivity index (χ3n) is 8.86. The van der Waals surface area contributed by atoms with Crippen LogP contribution in [-0.4, -0.2) is 61.8 Å². The van der Waals surface area contributed by atoms with Gasteiger partial charge in [-0.05, 0) is 79.7 Å². The maximum Gasteiger partial charge on any atom is 0.405 e. The van der Waals surface area contributed by atoms with Crippen molar-refractivity contribution in [2.75, 3.05) is 25.1 Å². The first-order chi connectivity index (χ1) is 19.7. The van der Waals surface area contributed by atoms with Crippen LogP contribution in [0.25, 0.3) is 11.2 Å². The lowest BCUT2D eigenvalue weighted by Crippen LogP contribution is -2.48. The van der Waals surface area contributed by atoms with Gasteiger partial charge >= 0.3 is 6.09 Å². The highest BCUT2D eigenvalue weighted by atomic mass is 16.5. The summed E-state index contributed by atoms with van der Waals surface area (Å²) < 4.78 is 6.95. The standard InChI is InChI=1S/C31H36N6O4/c1-30(2,34-29(39)40)17-24-23-7-5-4-6-21(23)16-31(24)12-14-36(15-13-31)25-18-32-26-27(33-25)37(35-28(26)38)19-20-8-10-22(41-3)11-9-20/h4-11,18,24,34H,12-17,19H2,1-3H3,(H,35,38)(H,39,40)/t24-/m1/s1. The second-order valence-corrected chi connectivity index (χ2v) is 12.0. The summed E-state index contributed by atoms with van der Waals surface area (Å²) in [5.74, 6) is 1.68. The van der Waals surface area contributed by atoms with Crippen molar-refractivity contribution >= 4 is 23.1 Å². The summed E-state index contributed by atoms with van der Waals surface area (Å²) in [6, 6.07) is 16.4. The van der Waals surface area contributed by atoms with Gasteiger partial charge in [0.2, 0.25) is 0 Å². The van der Waals surface area contributed by atoms with E-state index in [4.69, 9.17) is 9.72 Å². The minimum Gasteiger partial charge on any atom is -0.497 e. The third-order valence-corrected chi connectivity index (χ3v) is 8.86. The first-order valence-corrected chi connectivity index (χ1v) is 14.1. The molecule has 1 fully saturated rings. The Hall–Kier alpha value is -4.34. The second kappa shape index (κ2) is 10.2. The molecule has 3 N–H and O–H groups in total. The minimum atomic E-state index is -0.989. The maximum atomic E-state index is 11.5. The molecule has 0 unspecified atom stereocenters. The lowest BCUT2D eigenvalue weighted by molar-refractivity contribution is 0.143. The lowest BCUT2D eigenvalue weighted by atomic mass is 9.66. The Morgan fingerprint density at radius 2 is 1.88 bits per heavy atom. The molecule has 0 saturated carbocycles. The molecule has 1 atom stereocenters. The monoisotopic (exact) mass is 556 g/mol. The molecule has 1 aliphatic carbocycles. The fourth-order valence-corrected chi connectivity index (χ4v) is 6.83. The van der Waals surface area contributed by atoms with Gasteiger partial charge in [0, 0.05) is 18.6 Å². The number of aromatic nitrogens is 4. The summed E-state index contributed by atoms with van der Waals surface area (Å²) in [5.41, 5.74) is 4.17. The molecule has 214 valence electrons. The number of fused-ring (bicyclic) bond motifs is 2. The number of aromatic hydroxyl groups is 1. The quantitative estimate of drug-likeness (QED) is 0.292. The highest BCUT2D eigenvalue weighted by Gasteiger charge is 2.49. The van der Waals surface area contributed by atoms with Crippen molar-refractivity contribution in [3.05, 3.63) is 71.4 Å². The minimum absolute atomic E-state index is 0.0591. The first kappa shape index (κ1) is 26.9. The van der Waals surface area contributed by atoms with Crippen LogP contribution in [0.2, 0.25) is 0 Å². The molecule has 3 heterocycles. The van der Waals surface area contributed by atoms with E-state index in [0.29, 0.717) is 17.7 Å². The zero-order valence-corrected chi connectivity index (χ0v) is 23.7. The number of carbonyl (C=O) groups is 1. The fraction of sp³-hybridized carbons (Fsp3) is 0.419. The molecule has 2 aliphatic rings. The van der Waals surface area contributed by atoms with Gasteiger partial charge in [0.1, 0.15) is 11.6 Å². The van der Waals surface area contributed by atoms with Crippen molar-refractivity contribution in [2.45, 2.75) is 57.5 Å². The largest absolute Gasteiger partial charge is 0.497 e. The lowest BCUT2D eigenvalue weighted by Gasteiger charge is -2.45. The molecule has 0 bridgehead atoms. The molecule has 6 rings (SSSR count). The summed E-state index contributed by atoms with van der Waals surface area (Å²) in [5, 5.41) is 26.9. The van der Waals surface area contributed by atoms with Gasteiger partial charge in [0.05, 0.1) is 19.9 Å². The fourth-order valence-electron chi connectivity index (χ4n) is 6.83. The van der Waals surface area contributed by atoms with Gasteiger partial charge in [-0.25, -0.2) is 19.4 Å². The van der Waals surface area contributed by atoms with E-state index in [-0.39, 0.29) is 17.2 Å². The molecular formula is C31H36N6O4. The van der Waals surface area contributed by atoms with Crippen molar-refractivity contribution in [1.29, 1.82) is 0 Å². The average Bonchev–Trinajstić information content (AvgIpc) is 3.41. The molecule has 1 amide bonds. The number of piperidine rings is 1. The van der Waals surface area contributed by atoms with E-state index < -0.39 is 11.6 Å². The van der Waals surface area contributed by atoms with Crippen LogP contribution in [0.1, 0.15) is 55.7 Å². The zero-order chi connectivity index (χ0) is 28.8. The highest BCUT2D eigenvalue weighted by molar-refractivity contribution is 5.77. The van der Waals surface area contributed by atoms with Crippen LogP contribution in [0.5, 0.6) is 11.6 Å². The topological polar surface area (TPSA) is 126 Å². The van der Waals surface area contributed by atoms with E-state index in [1.165, 1.54) is 11.1 Å². The Morgan fingerprint density at radius 3 is 2.59 bits per heavy atom. The molecule has 2 aromatic heterocycles. The van der Waals surface area contributed by atoms with Crippen molar-refractivity contribution in [2.24, 2.45) is 5.41 Å². The number of amides is 1. The van der Waals surface area contributed by atoms with E-state index in [9.17, 15) is 15.0 Å². The van der Waals surface area contributed by atoms with E-state index >= 15 is 0 Å². The van der Waals surface area contributed by atoms with Crippen molar-refractivity contribution < 1.29 is 19.7 Å². The van der Waals surface area contributed by atoms with Crippen LogP contribution in [0.3, 0.4) is 0 Å². The zero-order valence-electron chi connectivity index (χ0n) is 23.7. The van der Waals surface area contributed by atoms with Gasteiger partial charge in [0.15, 0.2) is 11.2 Å². The number of nitrogens with one attached hydrogen (secondary N) is 1. The number of methoxy groups -OCH3 is 1. The first-order valence-electron chi connectivity index (χ1n) is 14.1. The van der Waals surface area contributed by atoms with Crippen LogP contribution in [0.15, 0.2) is 54.7 Å². The molecule has 1 aliphatic heterocycles. The van der Waals surface area contributed by atoms with Crippen LogP contribution in [-0.2, 0) is 13.0 Å². The van der Waals surface area contributed by atoms with Gasteiger partial charge in [-0.2, -0.15) is 0 Å². The second-order valence-electron chi connectivity index (χ2n) is 12.0. The summed E-state index contributed by atoms with van der Waals surface area (Å²) in [6.45, 7) is 6.02. The molecule has 2 aromatic carbocycles. The summed E-state index contributed by atoms with van der Waals surface area (Å²) in [6.07, 6.45) is 4.40. The molecule has 1 saturated heterocycles. The van der Waals surface area contributed by atoms with Crippen molar-refractivity contribution in [3.8, 4) is 11.6 Å². The van der Waals surface area contributed by atoms with Crippen molar-refractivity contribution in [1.82, 2.24) is 25.1 Å². The van der Waals surface area contributed by atoms with E-state index in [1.807, 2.05) is 38.1 Å². The normalized spacial score (nSPS) is 18.0. The highest BCUT2D eigenvalue weighted by Crippen LogP contribution is 2.56. The number of anilines is 1. The van der Waals surface area contributed by atoms with Crippen LogP contribution in [0, 0.1) is 5.41 Å². The maximum absolute atomic E-state index is 11.5. The van der Waals surface area contributed by atoms with Crippen LogP contribution in [0.4, 0.5) is 10.6 Å². The molecule has 41 heavy (non-hydrogen) atoms. The Morgan fingerprint density at radius 1 is 1.15 bits per heavy atom. The molecule has 4 aromatic rings. The summed E-state index contributed by atoms with van der Waals surface area (Å²) in [7, 11) is 1.64. The van der Waals surface area contributed by atoms with E-state index in [2.05, 4.69) is 44.6 Å². The average molecular weight is 557 g/mol. The predicted octanol–water partition coefficient (Wildman–Crippen LogP) is 4.95. The number of rotatable bonds is 7. The molecule has 1 spiro atoms. The Labute approximate surface area is 239 Å². The van der Waals surface area contributed by atoms with E-state index in [1.54, 1.807) is 18.0 Å².